The van der Waals surface area contributed by atoms with Gasteiger partial charge >= 0.3 is 0 Å². The third-order valence-electron chi connectivity index (χ3n) is 3.41. The highest BCUT2D eigenvalue weighted by atomic mass is 16.3. The predicted molar refractivity (Wildman–Crippen MR) is 72.6 cm³/mol. The van der Waals surface area contributed by atoms with Crippen molar-refractivity contribution in [2.24, 2.45) is 0 Å². The molecular weight excluding hydrogens is 258 g/mol. The van der Waals surface area contributed by atoms with Crippen molar-refractivity contribution in [3.63, 3.8) is 0 Å². The summed E-state index contributed by atoms with van der Waals surface area (Å²) in [7, 11) is 0. The molecule has 6 nitrogen and oxygen atoms in total. The van der Waals surface area contributed by atoms with E-state index in [1.807, 2.05) is 0 Å². The average molecular weight is 277 g/mol. The second kappa shape index (κ2) is 6.47. The number of hydrogen-bond acceptors (Lipinski definition) is 4. The number of pyridine rings is 1. The number of likely N-dealkylation sites (tertiary alicyclic amines) is 1. The van der Waals surface area contributed by atoms with Crippen molar-refractivity contribution in [2.45, 2.75) is 31.9 Å². The smallest absolute Gasteiger partial charge is 0.248 e. The second-order valence-corrected chi connectivity index (χ2v) is 4.94. The molecule has 0 radical (unpaired) electrons. The molecule has 108 valence electrons. The van der Waals surface area contributed by atoms with Crippen LogP contribution in [0.25, 0.3) is 0 Å². The van der Waals surface area contributed by atoms with Crippen LogP contribution in [-0.4, -0.2) is 45.9 Å². The molecule has 0 saturated carbocycles. The second-order valence-electron chi connectivity index (χ2n) is 4.94. The minimum atomic E-state index is -1.07. The number of carbonyl (C=O) groups is 2. The van der Waals surface area contributed by atoms with Crippen molar-refractivity contribution in [3.8, 4) is 0 Å². The first-order valence-corrected chi connectivity index (χ1v) is 6.73. The van der Waals surface area contributed by atoms with Crippen molar-refractivity contribution in [3.05, 3.63) is 30.1 Å². The number of nitrogens with one attached hydrogen (secondary N) is 1. The van der Waals surface area contributed by atoms with Crippen LogP contribution < -0.4 is 5.32 Å². The van der Waals surface area contributed by atoms with Gasteiger partial charge in [0.1, 0.15) is 12.1 Å². The Labute approximate surface area is 117 Å². The Balaban J connectivity index is 2.18. The normalized spacial score (nSPS) is 17.6. The van der Waals surface area contributed by atoms with Gasteiger partial charge in [-0.2, -0.15) is 0 Å². The summed E-state index contributed by atoms with van der Waals surface area (Å²) in [5, 5.41) is 12.9. The van der Waals surface area contributed by atoms with E-state index in [0.29, 0.717) is 18.7 Å². The summed E-state index contributed by atoms with van der Waals surface area (Å²) in [6.07, 6.45) is 3.94. The lowest BCUT2D eigenvalue weighted by atomic mass is 10.0. The summed E-state index contributed by atoms with van der Waals surface area (Å²) in [6, 6.07) is 2.32. The van der Waals surface area contributed by atoms with Gasteiger partial charge in [-0.25, -0.2) is 0 Å². The van der Waals surface area contributed by atoms with Gasteiger partial charge in [-0.15, -0.1) is 0 Å². The largest absolute Gasteiger partial charge is 0.386 e. The lowest BCUT2D eigenvalue weighted by Gasteiger charge is -2.27. The van der Waals surface area contributed by atoms with Gasteiger partial charge in [0, 0.05) is 32.4 Å². The number of hydrogen-bond donors (Lipinski definition) is 2. The molecule has 2 rings (SSSR count). The molecule has 6 heteroatoms. The maximum absolute atomic E-state index is 12.4. The number of nitrogens with zero attached hydrogens (tertiary/aromatic N) is 2. The first kappa shape index (κ1) is 14.5. The molecule has 2 N–H and O–H groups in total. The molecule has 1 saturated heterocycles. The van der Waals surface area contributed by atoms with Gasteiger partial charge in [-0.05, 0) is 30.5 Å². The third kappa shape index (κ3) is 3.33. The predicted octanol–water partition coefficient (Wildman–Crippen LogP) is 0.242. The molecule has 1 fully saturated rings. The molecule has 1 aliphatic rings. The van der Waals surface area contributed by atoms with Crippen LogP contribution in [0.5, 0.6) is 0 Å². The molecule has 2 amide bonds. The van der Waals surface area contributed by atoms with Crippen molar-refractivity contribution in [2.75, 3.05) is 13.1 Å². The van der Waals surface area contributed by atoms with Gasteiger partial charge in [0.05, 0.1) is 0 Å². The highest BCUT2D eigenvalue weighted by Crippen LogP contribution is 2.19. The van der Waals surface area contributed by atoms with E-state index in [1.165, 1.54) is 6.92 Å². The molecule has 0 aliphatic carbocycles. The van der Waals surface area contributed by atoms with E-state index in [4.69, 9.17) is 0 Å². The first-order chi connectivity index (χ1) is 9.59. The molecule has 2 unspecified atom stereocenters. The van der Waals surface area contributed by atoms with E-state index >= 15 is 0 Å². The van der Waals surface area contributed by atoms with Gasteiger partial charge in [0.25, 0.3) is 0 Å². The number of aliphatic hydroxyl groups is 1. The molecule has 1 aromatic heterocycles. The van der Waals surface area contributed by atoms with Gasteiger partial charge in [-0.3, -0.25) is 14.6 Å². The standard InChI is InChI=1S/C14H19N3O3/c1-10(18)16-12(14(20)17-8-2-3-9-17)13(19)11-4-6-15-7-5-11/h4-7,12-13,19H,2-3,8-9H2,1H3,(H,16,18). The van der Waals surface area contributed by atoms with E-state index in [2.05, 4.69) is 10.3 Å². The maximum atomic E-state index is 12.4. The molecule has 0 aromatic carbocycles. The summed E-state index contributed by atoms with van der Waals surface area (Å²) in [5.41, 5.74) is 0.561. The zero-order chi connectivity index (χ0) is 14.5. The molecular formula is C14H19N3O3. The Hall–Kier alpha value is -1.95. The van der Waals surface area contributed by atoms with Crippen molar-refractivity contribution >= 4 is 11.8 Å². The van der Waals surface area contributed by atoms with Gasteiger partial charge in [0.15, 0.2) is 0 Å². The number of aliphatic hydroxyl groups excluding tert-OH is 1. The van der Waals surface area contributed by atoms with Crippen LogP contribution in [-0.2, 0) is 9.59 Å². The monoisotopic (exact) mass is 277 g/mol. The van der Waals surface area contributed by atoms with Crippen LogP contribution in [0.3, 0.4) is 0 Å². The summed E-state index contributed by atoms with van der Waals surface area (Å²) in [6.45, 7) is 2.69. The fourth-order valence-corrected chi connectivity index (χ4v) is 2.38. The quantitative estimate of drug-likeness (QED) is 0.826. The number of rotatable bonds is 4. The Morgan fingerprint density at radius 3 is 2.45 bits per heavy atom. The summed E-state index contributed by atoms with van der Waals surface area (Å²) < 4.78 is 0. The fraction of sp³-hybridized carbons (Fsp3) is 0.500. The molecule has 1 aromatic rings. The minimum Gasteiger partial charge on any atom is -0.386 e. The average Bonchev–Trinajstić information content (AvgIpc) is 2.98. The molecule has 0 spiro atoms. The summed E-state index contributed by atoms with van der Waals surface area (Å²) in [4.78, 5) is 29.3. The van der Waals surface area contributed by atoms with Crippen molar-refractivity contribution in [1.29, 1.82) is 0 Å². The molecule has 20 heavy (non-hydrogen) atoms. The van der Waals surface area contributed by atoms with E-state index in [9.17, 15) is 14.7 Å². The lowest BCUT2D eigenvalue weighted by molar-refractivity contribution is -0.138. The third-order valence-corrected chi connectivity index (χ3v) is 3.41. The number of amides is 2. The van der Waals surface area contributed by atoms with Crippen LogP contribution >= 0.6 is 0 Å². The Bertz CT molecular complexity index is 472. The zero-order valence-corrected chi connectivity index (χ0v) is 11.5. The van der Waals surface area contributed by atoms with Crippen LogP contribution in [0.4, 0.5) is 0 Å². The molecule has 2 atom stereocenters. The topological polar surface area (TPSA) is 82.5 Å². The first-order valence-electron chi connectivity index (χ1n) is 6.73. The van der Waals surface area contributed by atoms with E-state index in [-0.39, 0.29) is 11.8 Å². The Morgan fingerprint density at radius 2 is 1.90 bits per heavy atom. The zero-order valence-electron chi connectivity index (χ0n) is 11.5. The number of aromatic nitrogens is 1. The van der Waals surface area contributed by atoms with Crippen molar-refractivity contribution < 1.29 is 14.7 Å². The van der Waals surface area contributed by atoms with Crippen LogP contribution in [0.15, 0.2) is 24.5 Å². The van der Waals surface area contributed by atoms with Crippen LogP contribution in [0.2, 0.25) is 0 Å². The van der Waals surface area contributed by atoms with Gasteiger partial charge < -0.3 is 15.3 Å². The summed E-state index contributed by atoms with van der Waals surface area (Å²) >= 11 is 0. The number of carbonyl (C=O) groups excluding carboxylic acids is 2. The van der Waals surface area contributed by atoms with Crippen LogP contribution in [0, 0.1) is 0 Å². The van der Waals surface area contributed by atoms with Gasteiger partial charge in [0.2, 0.25) is 11.8 Å². The summed E-state index contributed by atoms with van der Waals surface area (Å²) in [5.74, 6) is -0.572. The Kier molecular flexibility index (Phi) is 4.68. The lowest BCUT2D eigenvalue weighted by Crippen LogP contribution is -2.50. The highest BCUT2D eigenvalue weighted by Gasteiger charge is 2.33. The SMILES string of the molecule is CC(=O)NC(C(=O)N1CCCC1)C(O)c1ccncc1. The van der Waals surface area contributed by atoms with Gasteiger partial charge in [-0.1, -0.05) is 0 Å². The highest BCUT2D eigenvalue weighted by molar-refractivity contribution is 5.87. The van der Waals surface area contributed by atoms with Crippen LogP contribution in [0.1, 0.15) is 31.4 Å². The van der Waals surface area contributed by atoms with E-state index < -0.39 is 12.1 Å². The Morgan fingerprint density at radius 1 is 1.30 bits per heavy atom. The van der Waals surface area contributed by atoms with E-state index in [0.717, 1.165) is 12.8 Å². The molecule has 2 heterocycles. The minimum absolute atomic E-state index is 0.234. The van der Waals surface area contributed by atoms with Crippen molar-refractivity contribution in [1.82, 2.24) is 15.2 Å². The molecule has 0 bridgehead atoms. The fourth-order valence-electron chi connectivity index (χ4n) is 2.38. The maximum Gasteiger partial charge on any atom is 0.248 e. The molecule has 1 aliphatic heterocycles. The van der Waals surface area contributed by atoms with E-state index in [1.54, 1.807) is 29.4 Å².